The standard InChI is InChI=1S/C13H18FNOS/c1-9-7-8-15-13(10(2)17(9)16)11-3-5-12(14)6-4-11/h3-6,9-10,13,15H,7-8H2,1-2H3. The van der Waals surface area contributed by atoms with Crippen molar-refractivity contribution >= 4 is 10.8 Å². The van der Waals surface area contributed by atoms with Gasteiger partial charge in [-0.1, -0.05) is 19.1 Å². The molecule has 1 N–H and O–H groups in total. The predicted molar refractivity (Wildman–Crippen MR) is 68.8 cm³/mol. The van der Waals surface area contributed by atoms with Gasteiger partial charge < -0.3 is 5.32 Å². The zero-order chi connectivity index (χ0) is 12.4. The highest BCUT2D eigenvalue weighted by Crippen LogP contribution is 2.26. The van der Waals surface area contributed by atoms with Crippen LogP contribution in [0.3, 0.4) is 0 Å². The summed E-state index contributed by atoms with van der Waals surface area (Å²) in [4.78, 5) is 0. The van der Waals surface area contributed by atoms with Gasteiger partial charge in [0.1, 0.15) is 5.82 Å². The Morgan fingerprint density at radius 2 is 1.94 bits per heavy atom. The Kier molecular flexibility index (Phi) is 3.94. The van der Waals surface area contributed by atoms with Crippen LogP contribution in [0.4, 0.5) is 4.39 Å². The molecule has 4 atom stereocenters. The first-order chi connectivity index (χ1) is 8.09. The number of hydrogen-bond donors (Lipinski definition) is 1. The third-order valence-electron chi connectivity index (χ3n) is 3.38. The van der Waals surface area contributed by atoms with Crippen LogP contribution in [0.25, 0.3) is 0 Å². The van der Waals surface area contributed by atoms with Crippen LogP contribution in [-0.2, 0) is 10.8 Å². The molecule has 94 valence electrons. The van der Waals surface area contributed by atoms with Gasteiger partial charge in [-0.05, 0) is 37.6 Å². The average molecular weight is 255 g/mol. The molecule has 1 aliphatic rings. The highest BCUT2D eigenvalue weighted by molar-refractivity contribution is 7.86. The van der Waals surface area contributed by atoms with E-state index in [2.05, 4.69) is 5.32 Å². The molecular weight excluding hydrogens is 237 g/mol. The summed E-state index contributed by atoms with van der Waals surface area (Å²) in [5.41, 5.74) is 1.02. The molecule has 0 spiro atoms. The van der Waals surface area contributed by atoms with Gasteiger partial charge in [-0.3, -0.25) is 4.21 Å². The van der Waals surface area contributed by atoms with Crippen molar-refractivity contribution in [2.75, 3.05) is 6.54 Å². The first kappa shape index (κ1) is 12.7. The molecule has 2 rings (SSSR count). The van der Waals surface area contributed by atoms with Crippen molar-refractivity contribution in [3.05, 3.63) is 35.6 Å². The molecule has 4 unspecified atom stereocenters. The Bertz CT molecular complexity index is 406. The highest BCUT2D eigenvalue weighted by Gasteiger charge is 2.30. The van der Waals surface area contributed by atoms with Gasteiger partial charge in [-0.15, -0.1) is 0 Å². The first-order valence-electron chi connectivity index (χ1n) is 5.98. The monoisotopic (exact) mass is 255 g/mol. The zero-order valence-corrected chi connectivity index (χ0v) is 11.0. The Hall–Kier alpha value is -0.740. The molecule has 1 aromatic rings. The third-order valence-corrected chi connectivity index (χ3v) is 5.41. The van der Waals surface area contributed by atoms with Gasteiger partial charge in [0.25, 0.3) is 0 Å². The minimum atomic E-state index is -0.839. The van der Waals surface area contributed by atoms with E-state index in [1.807, 2.05) is 13.8 Å². The fourth-order valence-corrected chi connectivity index (χ4v) is 3.89. The van der Waals surface area contributed by atoms with Gasteiger partial charge in [0.2, 0.25) is 0 Å². The van der Waals surface area contributed by atoms with Gasteiger partial charge in [0.05, 0.1) is 5.25 Å². The third kappa shape index (κ3) is 2.75. The fourth-order valence-electron chi connectivity index (χ4n) is 2.28. The molecule has 1 aromatic carbocycles. The lowest BCUT2D eigenvalue weighted by Crippen LogP contribution is -2.31. The quantitative estimate of drug-likeness (QED) is 0.835. The summed E-state index contributed by atoms with van der Waals surface area (Å²) in [6.45, 7) is 4.89. The normalized spacial score (nSPS) is 34.3. The fraction of sp³-hybridized carbons (Fsp3) is 0.538. The van der Waals surface area contributed by atoms with Crippen molar-refractivity contribution in [3.63, 3.8) is 0 Å². The number of halogens is 1. The van der Waals surface area contributed by atoms with Crippen LogP contribution in [0.1, 0.15) is 31.9 Å². The smallest absolute Gasteiger partial charge is 0.123 e. The Labute approximate surface area is 104 Å². The molecule has 1 heterocycles. The van der Waals surface area contributed by atoms with Crippen LogP contribution < -0.4 is 5.32 Å². The molecule has 0 radical (unpaired) electrons. The minimum Gasteiger partial charge on any atom is -0.309 e. The molecule has 4 heteroatoms. The van der Waals surface area contributed by atoms with E-state index >= 15 is 0 Å². The van der Waals surface area contributed by atoms with Gasteiger partial charge in [-0.2, -0.15) is 0 Å². The number of rotatable bonds is 1. The molecule has 17 heavy (non-hydrogen) atoms. The van der Waals surface area contributed by atoms with Crippen LogP contribution in [0.2, 0.25) is 0 Å². The van der Waals surface area contributed by atoms with E-state index in [1.54, 1.807) is 12.1 Å². The summed E-state index contributed by atoms with van der Waals surface area (Å²) >= 11 is 0. The summed E-state index contributed by atoms with van der Waals surface area (Å²) in [5.74, 6) is -0.232. The molecule has 0 aliphatic carbocycles. The SMILES string of the molecule is CC1CCNC(c2ccc(F)cc2)C(C)S1=O. The van der Waals surface area contributed by atoms with Crippen molar-refractivity contribution < 1.29 is 8.60 Å². The lowest BCUT2D eigenvalue weighted by atomic mass is 10.0. The average Bonchev–Trinajstić information content (AvgIpc) is 2.44. The van der Waals surface area contributed by atoms with Crippen molar-refractivity contribution in [1.82, 2.24) is 5.32 Å². The van der Waals surface area contributed by atoms with E-state index in [9.17, 15) is 8.60 Å². The van der Waals surface area contributed by atoms with E-state index in [0.717, 1.165) is 18.5 Å². The Morgan fingerprint density at radius 1 is 1.29 bits per heavy atom. The minimum absolute atomic E-state index is 0.0537. The maximum Gasteiger partial charge on any atom is 0.123 e. The van der Waals surface area contributed by atoms with Gasteiger partial charge in [0, 0.05) is 22.1 Å². The molecule has 0 saturated carbocycles. The summed E-state index contributed by atoms with van der Waals surface area (Å²) < 4.78 is 25.1. The van der Waals surface area contributed by atoms with Crippen LogP contribution in [0.15, 0.2) is 24.3 Å². The summed E-state index contributed by atoms with van der Waals surface area (Å²) in [5, 5.41) is 3.69. The van der Waals surface area contributed by atoms with E-state index < -0.39 is 10.8 Å². The zero-order valence-electron chi connectivity index (χ0n) is 10.2. The van der Waals surface area contributed by atoms with Crippen LogP contribution in [0.5, 0.6) is 0 Å². The maximum absolute atomic E-state index is 12.9. The lowest BCUT2D eigenvalue weighted by Gasteiger charge is -2.23. The largest absolute Gasteiger partial charge is 0.309 e. The topological polar surface area (TPSA) is 29.1 Å². The van der Waals surface area contributed by atoms with Gasteiger partial charge in [-0.25, -0.2) is 4.39 Å². The first-order valence-corrected chi connectivity index (χ1v) is 7.25. The van der Waals surface area contributed by atoms with E-state index in [1.165, 1.54) is 12.1 Å². The van der Waals surface area contributed by atoms with E-state index in [-0.39, 0.29) is 22.4 Å². The van der Waals surface area contributed by atoms with Gasteiger partial charge in [0.15, 0.2) is 0 Å². The highest BCUT2D eigenvalue weighted by atomic mass is 32.2. The second-order valence-electron chi connectivity index (χ2n) is 4.62. The second kappa shape index (κ2) is 5.27. The lowest BCUT2D eigenvalue weighted by molar-refractivity contribution is 0.530. The molecule has 1 saturated heterocycles. The van der Waals surface area contributed by atoms with E-state index in [4.69, 9.17) is 0 Å². The summed E-state index contributed by atoms with van der Waals surface area (Å²) in [6, 6.07) is 6.52. The molecule has 1 fully saturated rings. The molecular formula is C13H18FNOS. The van der Waals surface area contributed by atoms with Crippen LogP contribution in [-0.4, -0.2) is 21.3 Å². The number of benzene rings is 1. The maximum atomic E-state index is 12.9. The molecule has 0 aromatic heterocycles. The van der Waals surface area contributed by atoms with Crippen molar-refractivity contribution in [2.24, 2.45) is 0 Å². The van der Waals surface area contributed by atoms with Gasteiger partial charge >= 0.3 is 0 Å². The van der Waals surface area contributed by atoms with Crippen molar-refractivity contribution in [1.29, 1.82) is 0 Å². The summed E-state index contributed by atoms with van der Waals surface area (Å²) in [6.07, 6.45) is 0.925. The van der Waals surface area contributed by atoms with E-state index in [0.29, 0.717) is 0 Å². The molecule has 0 amide bonds. The Morgan fingerprint density at radius 3 is 2.59 bits per heavy atom. The predicted octanol–water partition coefficient (Wildman–Crippen LogP) is 2.39. The molecule has 0 bridgehead atoms. The number of hydrogen-bond acceptors (Lipinski definition) is 2. The van der Waals surface area contributed by atoms with Crippen LogP contribution in [0, 0.1) is 5.82 Å². The Balaban J connectivity index is 2.25. The summed E-state index contributed by atoms with van der Waals surface area (Å²) in [7, 11) is -0.839. The van der Waals surface area contributed by atoms with Crippen molar-refractivity contribution in [2.45, 2.75) is 36.8 Å². The van der Waals surface area contributed by atoms with Crippen molar-refractivity contribution in [3.8, 4) is 0 Å². The number of nitrogens with one attached hydrogen (secondary N) is 1. The molecule has 2 nitrogen and oxygen atoms in total. The van der Waals surface area contributed by atoms with Crippen LogP contribution >= 0.6 is 0 Å². The molecule has 1 aliphatic heterocycles. The second-order valence-corrected chi connectivity index (χ2v) is 6.82.